The smallest absolute Gasteiger partial charge is 0.306 e. The van der Waals surface area contributed by atoms with Gasteiger partial charge >= 0.3 is 5.97 Å². The highest BCUT2D eigenvalue weighted by atomic mass is 32.1. The van der Waals surface area contributed by atoms with Crippen molar-refractivity contribution in [3.8, 4) is 0 Å². The van der Waals surface area contributed by atoms with Crippen molar-refractivity contribution in [3.05, 3.63) is 59.1 Å². The molecule has 0 bridgehead atoms. The summed E-state index contributed by atoms with van der Waals surface area (Å²) in [5.74, 6) is -0.705. The number of esters is 1. The largest absolute Gasteiger partial charge is 0.453 e. The van der Waals surface area contributed by atoms with Gasteiger partial charge in [0.05, 0.1) is 15.2 Å². The van der Waals surface area contributed by atoms with Crippen molar-refractivity contribution in [2.75, 3.05) is 5.32 Å². The van der Waals surface area contributed by atoms with Crippen molar-refractivity contribution >= 4 is 39.1 Å². The fraction of sp³-hybridized carbons (Fsp3) is 0.286. The Labute approximate surface area is 162 Å². The fourth-order valence-corrected chi connectivity index (χ4v) is 3.70. The number of aromatic nitrogens is 1. The number of thiazole rings is 1. The molecule has 0 radical (unpaired) electrons. The number of carbonyl (C=O) groups is 2. The normalized spacial score (nSPS) is 11.9. The van der Waals surface area contributed by atoms with Crippen molar-refractivity contribution < 1.29 is 14.3 Å². The molecule has 0 aliphatic carbocycles. The molecule has 6 heteroatoms. The van der Waals surface area contributed by atoms with Crippen LogP contribution in [0.3, 0.4) is 0 Å². The molecule has 0 aliphatic rings. The molecule has 1 atom stereocenters. The summed E-state index contributed by atoms with van der Waals surface area (Å²) in [4.78, 5) is 28.7. The minimum absolute atomic E-state index is 0.262. The Morgan fingerprint density at radius 2 is 2.00 bits per heavy atom. The minimum Gasteiger partial charge on any atom is -0.453 e. The lowest BCUT2D eigenvalue weighted by molar-refractivity contribution is -0.153. The SMILES string of the molecule is Cc1cccc(NC(=O)C(C)OC(=O)CCCc2nc3ccccc3s2)c1. The summed E-state index contributed by atoms with van der Waals surface area (Å²) in [7, 11) is 0. The van der Waals surface area contributed by atoms with Gasteiger partial charge in [0.25, 0.3) is 5.91 Å². The van der Waals surface area contributed by atoms with Gasteiger partial charge in [0.2, 0.25) is 0 Å². The Balaban J connectivity index is 1.43. The van der Waals surface area contributed by atoms with Crippen LogP contribution in [0.4, 0.5) is 5.69 Å². The third-order valence-corrected chi connectivity index (χ3v) is 5.17. The van der Waals surface area contributed by atoms with Crippen molar-refractivity contribution in [3.63, 3.8) is 0 Å². The first-order valence-electron chi connectivity index (χ1n) is 8.93. The second-order valence-corrected chi connectivity index (χ2v) is 7.53. The first kappa shape index (κ1) is 19.0. The van der Waals surface area contributed by atoms with Gasteiger partial charge in [-0.05, 0) is 56.5 Å². The van der Waals surface area contributed by atoms with Gasteiger partial charge in [0.15, 0.2) is 6.10 Å². The first-order chi connectivity index (χ1) is 13.0. The average molecular weight is 382 g/mol. The molecule has 0 saturated carbocycles. The molecule has 1 unspecified atom stereocenters. The number of hydrogen-bond donors (Lipinski definition) is 1. The van der Waals surface area contributed by atoms with Gasteiger partial charge in [-0.3, -0.25) is 9.59 Å². The molecule has 1 aromatic heterocycles. The molecule has 27 heavy (non-hydrogen) atoms. The Bertz CT molecular complexity index is 918. The highest BCUT2D eigenvalue weighted by Crippen LogP contribution is 2.22. The van der Waals surface area contributed by atoms with E-state index >= 15 is 0 Å². The van der Waals surface area contributed by atoms with E-state index in [0.717, 1.165) is 27.2 Å². The molecule has 0 fully saturated rings. The standard InChI is InChI=1S/C21H22N2O3S/c1-14-7-5-8-16(13-14)22-21(25)15(2)26-20(24)12-6-11-19-23-17-9-3-4-10-18(17)27-19/h3-5,7-10,13,15H,6,11-12H2,1-2H3,(H,22,25). The van der Waals surface area contributed by atoms with Crippen molar-refractivity contribution in [2.24, 2.45) is 0 Å². The average Bonchev–Trinajstić information content (AvgIpc) is 3.04. The highest BCUT2D eigenvalue weighted by molar-refractivity contribution is 7.18. The maximum Gasteiger partial charge on any atom is 0.306 e. The summed E-state index contributed by atoms with van der Waals surface area (Å²) < 4.78 is 6.39. The number of hydrogen-bond acceptors (Lipinski definition) is 5. The van der Waals surface area contributed by atoms with Gasteiger partial charge < -0.3 is 10.1 Å². The van der Waals surface area contributed by atoms with Gasteiger partial charge in [0.1, 0.15) is 0 Å². The van der Waals surface area contributed by atoms with Crippen LogP contribution in [-0.4, -0.2) is 23.0 Å². The molecule has 2 aromatic carbocycles. The molecule has 3 aromatic rings. The van der Waals surface area contributed by atoms with E-state index in [1.54, 1.807) is 24.3 Å². The number of rotatable bonds is 7. The van der Waals surface area contributed by atoms with Crippen LogP contribution >= 0.6 is 11.3 Å². The summed E-state index contributed by atoms with van der Waals surface area (Å²) >= 11 is 1.64. The molecule has 5 nitrogen and oxygen atoms in total. The van der Waals surface area contributed by atoms with E-state index in [1.165, 1.54) is 0 Å². The molecular formula is C21H22N2O3S. The van der Waals surface area contributed by atoms with Crippen molar-refractivity contribution in [1.82, 2.24) is 4.98 Å². The number of carbonyl (C=O) groups excluding carboxylic acids is 2. The molecular weight excluding hydrogens is 360 g/mol. The monoisotopic (exact) mass is 382 g/mol. The van der Waals surface area contributed by atoms with E-state index in [9.17, 15) is 9.59 Å². The predicted molar refractivity (Wildman–Crippen MR) is 108 cm³/mol. The van der Waals surface area contributed by atoms with Gasteiger partial charge in [0, 0.05) is 12.1 Å². The molecule has 1 N–H and O–H groups in total. The lowest BCUT2D eigenvalue weighted by atomic mass is 10.2. The topological polar surface area (TPSA) is 68.3 Å². The van der Waals surface area contributed by atoms with Crippen LogP contribution in [0.25, 0.3) is 10.2 Å². The van der Waals surface area contributed by atoms with Crippen LogP contribution in [0.1, 0.15) is 30.3 Å². The maximum atomic E-state index is 12.2. The van der Waals surface area contributed by atoms with E-state index in [0.29, 0.717) is 12.1 Å². The number of anilines is 1. The number of ether oxygens (including phenoxy) is 1. The van der Waals surface area contributed by atoms with Crippen LogP contribution < -0.4 is 5.32 Å². The van der Waals surface area contributed by atoms with Crippen molar-refractivity contribution in [2.45, 2.75) is 39.2 Å². The molecule has 0 spiro atoms. The minimum atomic E-state index is -0.833. The van der Waals surface area contributed by atoms with Crippen molar-refractivity contribution in [1.29, 1.82) is 0 Å². The zero-order chi connectivity index (χ0) is 19.2. The zero-order valence-corrected chi connectivity index (χ0v) is 16.2. The highest BCUT2D eigenvalue weighted by Gasteiger charge is 2.18. The van der Waals surface area contributed by atoms with E-state index in [-0.39, 0.29) is 18.3 Å². The lowest BCUT2D eigenvalue weighted by Gasteiger charge is -2.13. The lowest BCUT2D eigenvalue weighted by Crippen LogP contribution is -2.29. The quantitative estimate of drug-likeness (QED) is 0.611. The fourth-order valence-electron chi connectivity index (χ4n) is 2.69. The van der Waals surface area contributed by atoms with Gasteiger partial charge in [-0.2, -0.15) is 0 Å². The van der Waals surface area contributed by atoms with Gasteiger partial charge in [-0.15, -0.1) is 11.3 Å². The molecule has 0 aliphatic heterocycles. The third kappa shape index (κ3) is 5.37. The van der Waals surface area contributed by atoms with E-state index in [2.05, 4.69) is 10.3 Å². The Hall–Kier alpha value is -2.73. The van der Waals surface area contributed by atoms with E-state index < -0.39 is 6.10 Å². The summed E-state index contributed by atoms with van der Waals surface area (Å²) in [6, 6.07) is 15.5. The summed E-state index contributed by atoms with van der Waals surface area (Å²) in [5, 5.41) is 3.77. The molecule has 1 amide bonds. The second-order valence-electron chi connectivity index (χ2n) is 6.42. The van der Waals surface area contributed by atoms with E-state index in [4.69, 9.17) is 4.74 Å². The Morgan fingerprint density at radius 3 is 2.78 bits per heavy atom. The number of nitrogens with one attached hydrogen (secondary N) is 1. The predicted octanol–water partition coefficient (Wildman–Crippen LogP) is 4.50. The molecule has 3 rings (SSSR count). The Morgan fingerprint density at radius 1 is 1.19 bits per heavy atom. The van der Waals surface area contributed by atoms with Crippen LogP contribution in [0.5, 0.6) is 0 Å². The number of benzene rings is 2. The maximum absolute atomic E-state index is 12.2. The first-order valence-corrected chi connectivity index (χ1v) is 9.74. The van der Waals surface area contributed by atoms with Crippen LogP contribution in [0, 0.1) is 6.92 Å². The summed E-state index contributed by atoms with van der Waals surface area (Å²) in [5.41, 5.74) is 2.73. The second kappa shape index (κ2) is 8.77. The van der Waals surface area contributed by atoms with Gasteiger partial charge in [-0.1, -0.05) is 24.3 Å². The third-order valence-electron chi connectivity index (χ3n) is 4.07. The summed E-state index contributed by atoms with van der Waals surface area (Å²) in [6.07, 6.45) is 0.793. The van der Waals surface area contributed by atoms with Crippen LogP contribution in [0.2, 0.25) is 0 Å². The molecule has 0 saturated heterocycles. The number of amides is 1. The number of aryl methyl sites for hydroxylation is 2. The molecule has 1 heterocycles. The zero-order valence-electron chi connectivity index (χ0n) is 15.4. The molecule has 140 valence electrons. The van der Waals surface area contributed by atoms with E-state index in [1.807, 2.05) is 49.4 Å². The number of nitrogens with zero attached hydrogens (tertiary/aromatic N) is 1. The van der Waals surface area contributed by atoms with Crippen LogP contribution in [0.15, 0.2) is 48.5 Å². The summed E-state index contributed by atoms with van der Waals surface area (Å²) in [6.45, 7) is 3.53. The number of fused-ring (bicyclic) bond motifs is 1. The number of para-hydroxylation sites is 1. The Kier molecular flexibility index (Phi) is 6.19. The van der Waals surface area contributed by atoms with Gasteiger partial charge in [-0.25, -0.2) is 4.98 Å². The van der Waals surface area contributed by atoms with Crippen LogP contribution in [-0.2, 0) is 20.7 Å².